The molecule has 4 heteroatoms. The second kappa shape index (κ2) is 5.44. The number of aryl methyl sites for hydroxylation is 1. The van der Waals surface area contributed by atoms with Gasteiger partial charge in [-0.05, 0) is 54.5 Å². The van der Waals surface area contributed by atoms with Crippen LogP contribution in [0.2, 0.25) is 0 Å². The van der Waals surface area contributed by atoms with Crippen LogP contribution in [0.5, 0.6) is 0 Å². The van der Waals surface area contributed by atoms with Crippen LogP contribution in [-0.4, -0.2) is 12.5 Å². The molecule has 2 unspecified atom stereocenters. The second-order valence-electron chi connectivity index (χ2n) is 6.34. The van der Waals surface area contributed by atoms with Crippen molar-refractivity contribution in [1.29, 1.82) is 0 Å². The number of hydrogen-bond donors (Lipinski definition) is 0. The molecule has 4 rings (SSSR count). The first kappa shape index (κ1) is 14.4. The van der Waals surface area contributed by atoms with Crippen LogP contribution in [0.3, 0.4) is 0 Å². The van der Waals surface area contributed by atoms with Crippen molar-refractivity contribution in [2.24, 2.45) is 5.92 Å². The van der Waals surface area contributed by atoms with Gasteiger partial charge in [0, 0.05) is 12.5 Å². The summed E-state index contributed by atoms with van der Waals surface area (Å²) in [5, 5.41) is 0. The highest BCUT2D eigenvalue weighted by Gasteiger charge is 2.46. The second-order valence-corrected chi connectivity index (χ2v) is 6.34. The van der Waals surface area contributed by atoms with Gasteiger partial charge >= 0.3 is 0 Å². The maximum absolute atomic E-state index is 14.2. The summed E-state index contributed by atoms with van der Waals surface area (Å²) in [6.45, 7) is 0.569. The van der Waals surface area contributed by atoms with E-state index in [0.29, 0.717) is 12.2 Å². The van der Waals surface area contributed by atoms with Crippen molar-refractivity contribution in [3.8, 4) is 0 Å². The van der Waals surface area contributed by atoms with Crippen molar-refractivity contribution in [3.05, 3.63) is 65.2 Å². The van der Waals surface area contributed by atoms with E-state index in [-0.39, 0.29) is 29.4 Å². The highest BCUT2D eigenvalue weighted by Crippen LogP contribution is 2.49. The Balaban J connectivity index is 1.57. The summed E-state index contributed by atoms with van der Waals surface area (Å²) in [4.78, 5) is 14.4. The molecule has 0 spiro atoms. The van der Waals surface area contributed by atoms with E-state index in [1.165, 1.54) is 18.2 Å². The molecule has 2 nitrogen and oxygen atoms in total. The number of rotatable bonds is 2. The normalized spacial score (nSPS) is 22.6. The molecule has 2 aliphatic rings. The van der Waals surface area contributed by atoms with Gasteiger partial charge in [0.15, 0.2) is 0 Å². The summed E-state index contributed by atoms with van der Waals surface area (Å²) < 4.78 is 27.2. The molecule has 0 saturated heterocycles. The maximum atomic E-state index is 14.2. The lowest BCUT2D eigenvalue weighted by atomic mass is 10.0. The van der Waals surface area contributed by atoms with Crippen LogP contribution in [0, 0.1) is 17.6 Å². The van der Waals surface area contributed by atoms with Gasteiger partial charge in [0.2, 0.25) is 5.91 Å². The zero-order valence-corrected chi connectivity index (χ0v) is 12.6. The van der Waals surface area contributed by atoms with Gasteiger partial charge < -0.3 is 4.90 Å². The molecule has 23 heavy (non-hydrogen) atoms. The smallest absolute Gasteiger partial charge is 0.230 e. The summed E-state index contributed by atoms with van der Waals surface area (Å²) in [6, 6.07) is 11.3. The highest BCUT2D eigenvalue weighted by atomic mass is 19.1. The number of hydrogen-bond acceptors (Lipinski definition) is 1. The average molecular weight is 313 g/mol. The molecule has 1 saturated carbocycles. The molecule has 2 atom stereocenters. The molecular formula is C19H17F2NO. The Bertz CT molecular complexity index is 756. The van der Waals surface area contributed by atoms with E-state index >= 15 is 0 Å². The third kappa shape index (κ3) is 2.52. The topological polar surface area (TPSA) is 20.3 Å². The molecule has 0 aromatic heterocycles. The molecule has 0 radical (unpaired) electrons. The third-order valence-electron chi connectivity index (χ3n) is 4.84. The Morgan fingerprint density at radius 2 is 1.87 bits per heavy atom. The van der Waals surface area contributed by atoms with E-state index in [9.17, 15) is 13.6 Å². The Morgan fingerprint density at radius 3 is 2.65 bits per heavy atom. The molecule has 1 fully saturated rings. The van der Waals surface area contributed by atoms with Crippen molar-refractivity contribution in [3.63, 3.8) is 0 Å². The first-order chi connectivity index (χ1) is 11.1. The van der Waals surface area contributed by atoms with E-state index in [1.54, 1.807) is 23.1 Å². The van der Waals surface area contributed by atoms with Crippen LogP contribution < -0.4 is 4.90 Å². The summed E-state index contributed by atoms with van der Waals surface area (Å²) in [5.41, 5.74) is 2.34. The monoisotopic (exact) mass is 313 g/mol. The summed E-state index contributed by atoms with van der Waals surface area (Å²) in [6.07, 6.45) is 2.42. The molecule has 118 valence electrons. The summed E-state index contributed by atoms with van der Waals surface area (Å²) in [7, 11) is 0. The van der Waals surface area contributed by atoms with Crippen LogP contribution in [-0.2, 0) is 11.2 Å². The molecule has 1 heterocycles. The zero-order chi connectivity index (χ0) is 16.0. The van der Waals surface area contributed by atoms with Gasteiger partial charge in [-0.25, -0.2) is 8.78 Å². The van der Waals surface area contributed by atoms with E-state index in [0.717, 1.165) is 30.4 Å². The molecular weight excluding hydrogens is 296 g/mol. The Labute approximate surface area is 133 Å². The number of benzene rings is 2. The van der Waals surface area contributed by atoms with Crippen molar-refractivity contribution in [1.82, 2.24) is 0 Å². The summed E-state index contributed by atoms with van der Waals surface area (Å²) >= 11 is 0. The number of para-hydroxylation sites is 1. The molecule has 2 aromatic rings. The lowest BCUT2D eigenvalue weighted by Gasteiger charge is -2.30. The molecule has 1 aliphatic heterocycles. The van der Waals surface area contributed by atoms with Gasteiger partial charge in [0.25, 0.3) is 0 Å². The zero-order valence-electron chi connectivity index (χ0n) is 12.6. The van der Waals surface area contributed by atoms with Crippen LogP contribution in [0.4, 0.5) is 14.5 Å². The molecule has 0 N–H and O–H groups in total. The van der Waals surface area contributed by atoms with Gasteiger partial charge in [-0.15, -0.1) is 0 Å². The Kier molecular flexibility index (Phi) is 3.40. The predicted octanol–water partition coefficient (Wildman–Crippen LogP) is 4.05. The fourth-order valence-electron chi connectivity index (χ4n) is 3.57. The highest BCUT2D eigenvalue weighted by molar-refractivity contribution is 5.98. The van der Waals surface area contributed by atoms with Crippen LogP contribution >= 0.6 is 0 Å². The molecule has 1 amide bonds. The lowest BCUT2D eigenvalue weighted by Crippen LogP contribution is -2.37. The number of halogens is 2. The number of carbonyl (C=O) groups excluding carboxylic acids is 1. The minimum absolute atomic E-state index is 0.00891. The van der Waals surface area contributed by atoms with Gasteiger partial charge in [-0.1, -0.05) is 24.3 Å². The van der Waals surface area contributed by atoms with E-state index < -0.39 is 0 Å². The first-order valence-corrected chi connectivity index (χ1v) is 7.99. The lowest BCUT2D eigenvalue weighted by molar-refractivity contribution is -0.120. The quantitative estimate of drug-likeness (QED) is 0.819. The van der Waals surface area contributed by atoms with Gasteiger partial charge in [0.1, 0.15) is 11.6 Å². The molecule has 0 bridgehead atoms. The third-order valence-corrected chi connectivity index (χ3v) is 4.84. The van der Waals surface area contributed by atoms with Crippen LogP contribution in [0.15, 0.2) is 42.5 Å². The van der Waals surface area contributed by atoms with Crippen molar-refractivity contribution < 1.29 is 13.6 Å². The Morgan fingerprint density at radius 1 is 1.09 bits per heavy atom. The molecule has 2 aromatic carbocycles. The van der Waals surface area contributed by atoms with E-state index in [1.807, 2.05) is 6.07 Å². The number of nitrogens with zero attached hydrogens (tertiary/aromatic N) is 1. The number of fused-ring (bicyclic) bond motifs is 1. The number of amides is 1. The first-order valence-electron chi connectivity index (χ1n) is 7.99. The van der Waals surface area contributed by atoms with E-state index in [4.69, 9.17) is 0 Å². The average Bonchev–Trinajstić information content (AvgIpc) is 3.35. The Hall–Kier alpha value is -2.23. The van der Waals surface area contributed by atoms with Crippen LogP contribution in [0.1, 0.15) is 29.9 Å². The fraction of sp³-hybridized carbons (Fsp3) is 0.316. The van der Waals surface area contributed by atoms with Crippen LogP contribution in [0.25, 0.3) is 0 Å². The van der Waals surface area contributed by atoms with Gasteiger partial charge in [-0.3, -0.25) is 4.79 Å². The van der Waals surface area contributed by atoms with Gasteiger partial charge in [0.05, 0.1) is 5.69 Å². The van der Waals surface area contributed by atoms with Crippen molar-refractivity contribution >= 4 is 11.6 Å². The standard InChI is InChI=1S/C19H17F2NO/c20-14-8-6-12(7-9-14)15-11-16(15)19(23)22-10-2-4-13-3-1-5-17(21)18(13)22/h1,3,5-9,15-16H,2,4,10-11H2. The minimum atomic E-state index is -0.325. The summed E-state index contributed by atoms with van der Waals surface area (Å²) in [5.74, 6) is -0.601. The van der Waals surface area contributed by atoms with Gasteiger partial charge in [-0.2, -0.15) is 0 Å². The van der Waals surface area contributed by atoms with Crippen molar-refractivity contribution in [2.75, 3.05) is 11.4 Å². The fourth-order valence-corrected chi connectivity index (χ4v) is 3.57. The number of carbonyl (C=O) groups is 1. The predicted molar refractivity (Wildman–Crippen MR) is 84.3 cm³/mol. The minimum Gasteiger partial charge on any atom is -0.309 e. The van der Waals surface area contributed by atoms with Crippen molar-refractivity contribution in [2.45, 2.75) is 25.2 Å². The maximum Gasteiger partial charge on any atom is 0.230 e. The largest absolute Gasteiger partial charge is 0.309 e. The number of anilines is 1. The van der Waals surface area contributed by atoms with E-state index in [2.05, 4.69) is 0 Å². The SMILES string of the molecule is O=C(C1CC1c1ccc(F)cc1)N1CCCc2cccc(F)c21. The molecule has 1 aliphatic carbocycles.